The minimum absolute atomic E-state index is 0.454. The molecule has 0 radical (unpaired) electrons. The molecule has 0 aliphatic heterocycles. The number of halogens is 1. The van der Waals surface area contributed by atoms with E-state index in [1.165, 1.54) is 0 Å². The molecule has 2 aromatic carbocycles. The van der Waals surface area contributed by atoms with E-state index in [1.807, 2.05) is 30.3 Å². The summed E-state index contributed by atoms with van der Waals surface area (Å²) in [5.74, 6) is 1.48. The van der Waals surface area contributed by atoms with Crippen molar-refractivity contribution in [3.63, 3.8) is 0 Å². The quantitative estimate of drug-likeness (QED) is 0.664. The summed E-state index contributed by atoms with van der Waals surface area (Å²) in [6.45, 7) is 0.908. The fraction of sp³-hybridized carbons (Fsp3) is 0.143. The van der Waals surface area contributed by atoms with Crippen LogP contribution in [0.5, 0.6) is 11.5 Å². The number of ether oxygens (including phenoxy) is 2. The molecule has 18 heavy (non-hydrogen) atoms. The van der Waals surface area contributed by atoms with Crippen LogP contribution in [0, 0.1) is 0 Å². The van der Waals surface area contributed by atoms with E-state index in [-0.39, 0.29) is 0 Å². The maximum atomic E-state index is 5.85. The van der Waals surface area contributed by atoms with Crippen LogP contribution in [0.3, 0.4) is 0 Å². The van der Waals surface area contributed by atoms with Crippen LogP contribution in [0.25, 0.3) is 0 Å². The number of anilines is 1. The fourth-order valence-electron chi connectivity index (χ4n) is 1.48. The molecule has 0 atom stereocenters. The first kappa shape index (κ1) is 12.6. The van der Waals surface area contributed by atoms with Crippen molar-refractivity contribution in [3.05, 3.63) is 53.6 Å². The highest BCUT2D eigenvalue weighted by molar-refractivity contribution is 6.30. The number of hydrogen-bond donors (Lipinski definition) is 1. The van der Waals surface area contributed by atoms with Crippen LogP contribution in [0.2, 0.25) is 5.02 Å². The molecule has 0 saturated heterocycles. The molecule has 0 unspecified atom stereocenters. The molecule has 94 valence electrons. The second-order valence-electron chi connectivity index (χ2n) is 3.73. The van der Waals surface area contributed by atoms with Crippen LogP contribution in [0.4, 0.5) is 5.69 Å². The number of nitrogen functional groups attached to an aromatic ring is 1. The van der Waals surface area contributed by atoms with Crippen molar-refractivity contribution in [3.8, 4) is 11.5 Å². The van der Waals surface area contributed by atoms with Crippen LogP contribution in [0.1, 0.15) is 0 Å². The summed E-state index contributed by atoms with van der Waals surface area (Å²) in [5, 5.41) is 0.657. The van der Waals surface area contributed by atoms with Crippen LogP contribution in [-0.2, 0) is 0 Å². The Kier molecular flexibility index (Phi) is 4.31. The van der Waals surface area contributed by atoms with Gasteiger partial charge in [0, 0.05) is 16.8 Å². The summed E-state index contributed by atoms with van der Waals surface area (Å²) in [4.78, 5) is 0. The Morgan fingerprint density at radius 3 is 2.11 bits per heavy atom. The van der Waals surface area contributed by atoms with E-state index in [2.05, 4.69) is 0 Å². The first-order valence-corrected chi connectivity index (χ1v) is 5.98. The van der Waals surface area contributed by atoms with Crippen LogP contribution in [0.15, 0.2) is 48.5 Å². The van der Waals surface area contributed by atoms with Gasteiger partial charge in [-0.2, -0.15) is 0 Å². The van der Waals surface area contributed by atoms with Crippen molar-refractivity contribution in [1.82, 2.24) is 0 Å². The number of hydrogen-bond acceptors (Lipinski definition) is 3. The third-order valence-electron chi connectivity index (χ3n) is 2.27. The van der Waals surface area contributed by atoms with Gasteiger partial charge in [0.1, 0.15) is 24.7 Å². The van der Waals surface area contributed by atoms with E-state index in [4.69, 9.17) is 26.8 Å². The van der Waals surface area contributed by atoms with Crippen molar-refractivity contribution in [2.75, 3.05) is 18.9 Å². The molecular weight excluding hydrogens is 250 g/mol. The average molecular weight is 264 g/mol. The zero-order valence-corrected chi connectivity index (χ0v) is 10.6. The van der Waals surface area contributed by atoms with Crippen molar-refractivity contribution >= 4 is 17.3 Å². The molecule has 0 heterocycles. The molecular formula is C14H14ClNO2. The van der Waals surface area contributed by atoms with Gasteiger partial charge in [0.15, 0.2) is 0 Å². The molecule has 4 heteroatoms. The first-order chi connectivity index (χ1) is 8.74. The maximum absolute atomic E-state index is 5.85. The zero-order chi connectivity index (χ0) is 12.8. The van der Waals surface area contributed by atoms with Crippen molar-refractivity contribution < 1.29 is 9.47 Å². The number of rotatable bonds is 5. The van der Waals surface area contributed by atoms with Gasteiger partial charge in [0.05, 0.1) is 0 Å². The second-order valence-corrected chi connectivity index (χ2v) is 4.16. The molecule has 0 saturated carbocycles. The molecule has 0 aliphatic carbocycles. The molecule has 0 spiro atoms. The predicted octanol–water partition coefficient (Wildman–Crippen LogP) is 3.38. The lowest BCUT2D eigenvalue weighted by Crippen LogP contribution is -2.09. The van der Waals surface area contributed by atoms with Gasteiger partial charge in [-0.25, -0.2) is 0 Å². The lowest BCUT2D eigenvalue weighted by atomic mass is 10.3. The lowest BCUT2D eigenvalue weighted by Gasteiger charge is -2.08. The third kappa shape index (κ3) is 3.86. The van der Waals surface area contributed by atoms with E-state index in [0.29, 0.717) is 23.9 Å². The Morgan fingerprint density at radius 1 is 0.889 bits per heavy atom. The van der Waals surface area contributed by atoms with Crippen LogP contribution >= 0.6 is 11.6 Å². The monoisotopic (exact) mass is 263 g/mol. The van der Waals surface area contributed by atoms with Gasteiger partial charge in [0.25, 0.3) is 0 Å². The topological polar surface area (TPSA) is 44.5 Å². The Morgan fingerprint density at radius 2 is 1.50 bits per heavy atom. The average Bonchev–Trinajstić information content (AvgIpc) is 2.35. The normalized spacial score (nSPS) is 10.1. The highest BCUT2D eigenvalue weighted by atomic mass is 35.5. The molecule has 0 aliphatic rings. The van der Waals surface area contributed by atoms with E-state index in [9.17, 15) is 0 Å². The summed E-state index contributed by atoms with van der Waals surface area (Å²) in [6.07, 6.45) is 0. The SMILES string of the molecule is Nc1cccc(OCCOc2cccc(Cl)c2)c1. The van der Waals surface area contributed by atoms with Crippen LogP contribution < -0.4 is 15.2 Å². The fourth-order valence-corrected chi connectivity index (χ4v) is 1.66. The minimum Gasteiger partial charge on any atom is -0.490 e. The number of benzene rings is 2. The zero-order valence-electron chi connectivity index (χ0n) is 9.80. The van der Waals surface area contributed by atoms with Crippen molar-refractivity contribution in [2.45, 2.75) is 0 Å². The summed E-state index contributed by atoms with van der Waals surface area (Å²) >= 11 is 5.85. The molecule has 0 bridgehead atoms. The van der Waals surface area contributed by atoms with Gasteiger partial charge < -0.3 is 15.2 Å². The Balaban J connectivity index is 1.76. The van der Waals surface area contributed by atoms with Gasteiger partial charge in [-0.05, 0) is 30.3 Å². The second kappa shape index (κ2) is 6.17. The Hall–Kier alpha value is -1.87. The molecule has 3 nitrogen and oxygen atoms in total. The van der Waals surface area contributed by atoms with Gasteiger partial charge in [0.2, 0.25) is 0 Å². The van der Waals surface area contributed by atoms with E-state index < -0.39 is 0 Å². The smallest absolute Gasteiger partial charge is 0.122 e. The van der Waals surface area contributed by atoms with E-state index >= 15 is 0 Å². The molecule has 2 aromatic rings. The van der Waals surface area contributed by atoms with E-state index in [1.54, 1.807) is 18.2 Å². The van der Waals surface area contributed by atoms with Crippen molar-refractivity contribution in [2.24, 2.45) is 0 Å². The highest BCUT2D eigenvalue weighted by Gasteiger charge is 1.97. The summed E-state index contributed by atoms with van der Waals surface area (Å²) in [5.41, 5.74) is 6.33. The van der Waals surface area contributed by atoms with E-state index in [0.717, 1.165) is 11.5 Å². The molecule has 0 aromatic heterocycles. The molecule has 0 fully saturated rings. The van der Waals surface area contributed by atoms with Gasteiger partial charge >= 0.3 is 0 Å². The molecule has 0 amide bonds. The summed E-state index contributed by atoms with van der Waals surface area (Å²) in [6, 6.07) is 14.6. The largest absolute Gasteiger partial charge is 0.490 e. The highest BCUT2D eigenvalue weighted by Crippen LogP contribution is 2.17. The predicted molar refractivity (Wildman–Crippen MR) is 73.3 cm³/mol. The first-order valence-electron chi connectivity index (χ1n) is 5.61. The molecule has 2 N–H and O–H groups in total. The Labute approximate surface area is 111 Å². The summed E-state index contributed by atoms with van der Waals surface area (Å²) < 4.78 is 11.0. The number of nitrogens with two attached hydrogens (primary N) is 1. The third-order valence-corrected chi connectivity index (χ3v) is 2.51. The maximum Gasteiger partial charge on any atom is 0.122 e. The van der Waals surface area contributed by atoms with Crippen molar-refractivity contribution in [1.29, 1.82) is 0 Å². The van der Waals surface area contributed by atoms with Gasteiger partial charge in [-0.1, -0.05) is 23.7 Å². The Bertz CT molecular complexity index is 469. The summed E-state index contributed by atoms with van der Waals surface area (Å²) in [7, 11) is 0. The van der Waals surface area contributed by atoms with Gasteiger partial charge in [-0.15, -0.1) is 0 Å². The van der Waals surface area contributed by atoms with Gasteiger partial charge in [-0.3, -0.25) is 0 Å². The standard InChI is InChI=1S/C14H14ClNO2/c15-11-3-1-5-13(9-11)17-7-8-18-14-6-2-4-12(16)10-14/h1-6,9-10H,7-8,16H2. The lowest BCUT2D eigenvalue weighted by molar-refractivity contribution is 0.217. The minimum atomic E-state index is 0.454. The molecule has 2 rings (SSSR count). The van der Waals surface area contributed by atoms with Crippen LogP contribution in [-0.4, -0.2) is 13.2 Å².